The number of aromatic nitrogens is 2. The predicted octanol–water partition coefficient (Wildman–Crippen LogP) is 3.32. The fraction of sp³-hybridized carbons (Fsp3) is 0.476. The molecule has 27 heavy (non-hydrogen) atoms. The van der Waals surface area contributed by atoms with Crippen LogP contribution >= 0.6 is 0 Å². The van der Waals surface area contributed by atoms with Gasteiger partial charge in [0, 0.05) is 31.5 Å². The molecule has 0 unspecified atom stereocenters. The molecule has 2 heterocycles. The average molecular weight is 367 g/mol. The highest BCUT2D eigenvalue weighted by atomic mass is 16.5. The number of anilines is 1. The van der Waals surface area contributed by atoms with E-state index in [9.17, 15) is 4.79 Å². The minimum absolute atomic E-state index is 0.0478. The topological polar surface area (TPSA) is 64.5 Å². The molecular weight excluding hydrogens is 342 g/mol. The van der Waals surface area contributed by atoms with Crippen molar-refractivity contribution < 1.29 is 14.3 Å². The Morgan fingerprint density at radius 1 is 1.07 bits per heavy atom. The van der Waals surface area contributed by atoms with Crippen molar-refractivity contribution in [3.05, 3.63) is 40.7 Å². The van der Waals surface area contributed by atoms with E-state index >= 15 is 0 Å². The number of carbonyl (C=O) groups is 1. The van der Waals surface area contributed by atoms with Crippen molar-refractivity contribution in [1.29, 1.82) is 0 Å². The smallest absolute Gasteiger partial charge is 0.225 e. The molecule has 1 aromatic carbocycles. The molecule has 142 valence electrons. The molecule has 1 fully saturated rings. The van der Waals surface area contributed by atoms with Crippen molar-refractivity contribution in [1.82, 2.24) is 9.97 Å². The number of carbonyl (C=O) groups excluding carboxylic acids is 1. The zero-order chi connectivity index (χ0) is 19.0. The number of nitrogens with zero attached hydrogens (tertiary/aromatic N) is 3. The van der Waals surface area contributed by atoms with Crippen LogP contribution in [0.15, 0.2) is 18.2 Å². The first-order valence-electron chi connectivity index (χ1n) is 9.48. The number of Topliss-reactive ketones (excluding diaryl/α,β-unsaturated/α-hetero) is 1. The molecule has 0 radical (unpaired) electrons. The summed E-state index contributed by atoms with van der Waals surface area (Å²) < 4.78 is 10.9. The lowest BCUT2D eigenvalue weighted by Gasteiger charge is -2.27. The van der Waals surface area contributed by atoms with Gasteiger partial charge in [-0.2, -0.15) is 0 Å². The van der Waals surface area contributed by atoms with Crippen LogP contribution in [0.2, 0.25) is 0 Å². The molecule has 1 atom stereocenters. The van der Waals surface area contributed by atoms with Gasteiger partial charge in [0.2, 0.25) is 5.95 Å². The Balaban J connectivity index is 1.71. The third-order valence-electron chi connectivity index (χ3n) is 5.57. The second-order valence-electron chi connectivity index (χ2n) is 7.26. The Bertz CT molecular complexity index is 875. The zero-order valence-corrected chi connectivity index (χ0v) is 16.1. The molecule has 1 saturated heterocycles. The van der Waals surface area contributed by atoms with E-state index in [1.807, 2.05) is 25.1 Å². The van der Waals surface area contributed by atoms with Gasteiger partial charge in [-0.25, -0.2) is 9.97 Å². The number of ketones is 1. The zero-order valence-electron chi connectivity index (χ0n) is 16.1. The van der Waals surface area contributed by atoms with Gasteiger partial charge in [-0.1, -0.05) is 6.07 Å². The van der Waals surface area contributed by atoms with Gasteiger partial charge in [0.05, 0.1) is 31.2 Å². The van der Waals surface area contributed by atoms with Gasteiger partial charge in [0.1, 0.15) is 11.5 Å². The standard InChI is InChI=1S/C21H25N3O3/c1-13-20-17(23-21(22-13)24-8-4-5-9-24)10-14(11-18(20)25)16-7-6-15(26-2)12-19(16)27-3/h6-7,12,14H,4-5,8-11H2,1-3H3/t14-/m0/s1. The minimum atomic E-state index is 0.0478. The van der Waals surface area contributed by atoms with Gasteiger partial charge in [-0.05, 0) is 37.8 Å². The van der Waals surface area contributed by atoms with Crippen molar-refractivity contribution in [3.63, 3.8) is 0 Å². The average Bonchev–Trinajstić information content (AvgIpc) is 3.21. The Hall–Kier alpha value is -2.63. The molecule has 6 nitrogen and oxygen atoms in total. The van der Waals surface area contributed by atoms with E-state index in [0.29, 0.717) is 18.4 Å². The molecule has 1 aromatic heterocycles. The molecule has 0 amide bonds. The molecule has 1 aliphatic carbocycles. The first-order valence-corrected chi connectivity index (χ1v) is 9.48. The molecule has 6 heteroatoms. The normalized spacial score (nSPS) is 19.1. The van der Waals surface area contributed by atoms with Crippen molar-refractivity contribution in [2.24, 2.45) is 0 Å². The number of aryl methyl sites for hydroxylation is 1. The van der Waals surface area contributed by atoms with Crippen LogP contribution in [-0.2, 0) is 6.42 Å². The highest BCUT2D eigenvalue weighted by Crippen LogP contribution is 2.39. The Labute approximate surface area is 159 Å². The summed E-state index contributed by atoms with van der Waals surface area (Å²) in [6.07, 6.45) is 3.51. The van der Waals surface area contributed by atoms with Gasteiger partial charge in [-0.3, -0.25) is 4.79 Å². The molecule has 0 bridgehead atoms. The lowest BCUT2D eigenvalue weighted by atomic mass is 9.81. The van der Waals surface area contributed by atoms with E-state index in [1.165, 1.54) is 12.8 Å². The molecule has 0 N–H and O–H groups in total. The highest BCUT2D eigenvalue weighted by Gasteiger charge is 2.32. The fourth-order valence-corrected chi connectivity index (χ4v) is 4.19. The van der Waals surface area contributed by atoms with Crippen LogP contribution in [0.3, 0.4) is 0 Å². The largest absolute Gasteiger partial charge is 0.497 e. The van der Waals surface area contributed by atoms with Gasteiger partial charge >= 0.3 is 0 Å². The van der Waals surface area contributed by atoms with Gasteiger partial charge < -0.3 is 14.4 Å². The van der Waals surface area contributed by atoms with Crippen LogP contribution in [0.4, 0.5) is 5.95 Å². The van der Waals surface area contributed by atoms with Gasteiger partial charge in [-0.15, -0.1) is 0 Å². The number of benzene rings is 1. The van der Waals surface area contributed by atoms with Crippen molar-refractivity contribution in [2.75, 3.05) is 32.2 Å². The van der Waals surface area contributed by atoms with E-state index in [-0.39, 0.29) is 11.7 Å². The monoisotopic (exact) mass is 367 g/mol. The maximum atomic E-state index is 12.9. The Kier molecular flexibility index (Phi) is 4.72. The summed E-state index contributed by atoms with van der Waals surface area (Å²) in [7, 11) is 3.28. The van der Waals surface area contributed by atoms with E-state index in [2.05, 4.69) is 9.88 Å². The lowest BCUT2D eigenvalue weighted by molar-refractivity contribution is 0.0961. The second-order valence-corrected chi connectivity index (χ2v) is 7.26. The number of fused-ring (bicyclic) bond motifs is 1. The number of ether oxygens (including phenoxy) is 2. The third kappa shape index (κ3) is 3.24. The van der Waals surface area contributed by atoms with Crippen LogP contribution in [0.1, 0.15) is 52.5 Å². The molecule has 0 saturated carbocycles. The van der Waals surface area contributed by atoms with Crippen molar-refractivity contribution in [2.45, 2.75) is 38.5 Å². The molecule has 2 aliphatic rings. The number of hydrogen-bond acceptors (Lipinski definition) is 6. The molecule has 0 spiro atoms. The second kappa shape index (κ2) is 7.18. The Morgan fingerprint density at radius 2 is 1.85 bits per heavy atom. The molecular formula is C21H25N3O3. The van der Waals surface area contributed by atoms with Crippen LogP contribution < -0.4 is 14.4 Å². The number of methoxy groups -OCH3 is 2. The summed E-state index contributed by atoms with van der Waals surface area (Å²) in [6.45, 7) is 3.90. The SMILES string of the molecule is COc1ccc([C@@H]2CC(=O)c3c(C)nc(N4CCCC4)nc3C2)c(OC)c1. The third-order valence-corrected chi connectivity index (χ3v) is 5.57. The quantitative estimate of drug-likeness (QED) is 0.826. The maximum absolute atomic E-state index is 12.9. The lowest BCUT2D eigenvalue weighted by Crippen LogP contribution is -2.26. The first-order chi connectivity index (χ1) is 13.1. The van der Waals surface area contributed by atoms with Crippen LogP contribution in [0.25, 0.3) is 0 Å². The molecule has 4 rings (SSSR count). The fourth-order valence-electron chi connectivity index (χ4n) is 4.19. The van der Waals surface area contributed by atoms with Gasteiger partial charge in [0.15, 0.2) is 5.78 Å². The van der Waals surface area contributed by atoms with E-state index < -0.39 is 0 Å². The number of hydrogen-bond donors (Lipinski definition) is 0. The summed E-state index contributed by atoms with van der Waals surface area (Å²) in [4.78, 5) is 24.5. The van der Waals surface area contributed by atoms with Crippen LogP contribution in [0, 0.1) is 6.92 Å². The van der Waals surface area contributed by atoms with E-state index in [0.717, 1.165) is 47.5 Å². The van der Waals surface area contributed by atoms with E-state index in [4.69, 9.17) is 14.5 Å². The van der Waals surface area contributed by atoms with Crippen molar-refractivity contribution in [3.8, 4) is 11.5 Å². The predicted molar refractivity (Wildman–Crippen MR) is 103 cm³/mol. The summed E-state index contributed by atoms with van der Waals surface area (Å²) in [5.74, 6) is 2.42. The summed E-state index contributed by atoms with van der Waals surface area (Å²) in [5, 5.41) is 0. The van der Waals surface area contributed by atoms with Crippen molar-refractivity contribution >= 4 is 11.7 Å². The van der Waals surface area contributed by atoms with Gasteiger partial charge in [0.25, 0.3) is 0 Å². The maximum Gasteiger partial charge on any atom is 0.225 e. The van der Waals surface area contributed by atoms with Crippen LogP contribution in [0.5, 0.6) is 11.5 Å². The molecule has 2 aromatic rings. The van der Waals surface area contributed by atoms with Crippen LogP contribution in [-0.4, -0.2) is 43.1 Å². The number of rotatable bonds is 4. The molecule has 1 aliphatic heterocycles. The first kappa shape index (κ1) is 17.8. The highest BCUT2D eigenvalue weighted by molar-refractivity contribution is 5.99. The summed E-state index contributed by atoms with van der Waals surface area (Å²) in [5.41, 5.74) is 3.40. The Morgan fingerprint density at radius 3 is 2.56 bits per heavy atom. The van der Waals surface area contributed by atoms with E-state index in [1.54, 1.807) is 14.2 Å². The minimum Gasteiger partial charge on any atom is -0.497 e. The summed E-state index contributed by atoms with van der Waals surface area (Å²) >= 11 is 0. The summed E-state index contributed by atoms with van der Waals surface area (Å²) in [6, 6.07) is 5.78.